The molecule has 0 saturated carbocycles. The Balaban J connectivity index is 1.76. The molecule has 0 aliphatic rings. The largest absolute Gasteiger partial charge is 0.486 e. The number of hydrogen-bond donors (Lipinski definition) is 1. The number of fused-ring (bicyclic) bond motifs is 1. The van der Waals surface area contributed by atoms with Gasteiger partial charge in [-0.05, 0) is 19.1 Å². The summed E-state index contributed by atoms with van der Waals surface area (Å²) in [4.78, 5) is 11.1. The van der Waals surface area contributed by atoms with Crippen molar-refractivity contribution in [1.82, 2.24) is 15.0 Å². The van der Waals surface area contributed by atoms with Crippen LogP contribution in [0.3, 0.4) is 0 Å². The Morgan fingerprint density at radius 1 is 1.26 bits per heavy atom. The summed E-state index contributed by atoms with van der Waals surface area (Å²) in [6, 6.07) is 9.12. The lowest BCUT2D eigenvalue weighted by molar-refractivity contribution is 0.297. The molecule has 0 bridgehead atoms. The van der Waals surface area contributed by atoms with Crippen molar-refractivity contribution in [2.24, 2.45) is 0 Å². The molecule has 0 radical (unpaired) electrons. The first-order valence-corrected chi connectivity index (χ1v) is 5.90. The van der Waals surface area contributed by atoms with Crippen molar-refractivity contribution in [3.05, 3.63) is 53.7 Å². The van der Waals surface area contributed by atoms with Crippen molar-refractivity contribution in [3.8, 4) is 5.75 Å². The van der Waals surface area contributed by atoms with Crippen LogP contribution < -0.4 is 4.74 Å². The van der Waals surface area contributed by atoms with Crippen molar-refractivity contribution in [1.29, 1.82) is 0 Å². The fourth-order valence-corrected chi connectivity index (χ4v) is 1.78. The molecule has 4 nitrogen and oxygen atoms in total. The number of rotatable bonds is 3. The van der Waals surface area contributed by atoms with Crippen molar-refractivity contribution >= 4 is 11.2 Å². The van der Waals surface area contributed by atoms with Gasteiger partial charge in [-0.1, -0.05) is 17.7 Å². The van der Waals surface area contributed by atoms with Crippen LogP contribution in [0.5, 0.6) is 5.75 Å². The van der Waals surface area contributed by atoms with Gasteiger partial charge in [0.1, 0.15) is 24.0 Å². The zero-order chi connectivity index (χ0) is 13.2. The topological polar surface area (TPSA) is 50.8 Å². The Kier molecular flexibility index (Phi) is 2.87. The second-order valence-corrected chi connectivity index (χ2v) is 4.31. The van der Waals surface area contributed by atoms with Gasteiger partial charge >= 0.3 is 0 Å². The molecule has 19 heavy (non-hydrogen) atoms. The summed E-state index contributed by atoms with van der Waals surface area (Å²) in [6.07, 6.45) is 1.15. The minimum atomic E-state index is -0.387. The molecule has 0 aliphatic heterocycles. The lowest BCUT2D eigenvalue weighted by atomic mass is 10.2. The zero-order valence-corrected chi connectivity index (χ0v) is 10.4. The van der Waals surface area contributed by atoms with Gasteiger partial charge < -0.3 is 9.72 Å². The molecule has 96 valence electrons. The molecule has 1 aromatic carbocycles. The molecular weight excluding hydrogens is 245 g/mol. The lowest BCUT2D eigenvalue weighted by Gasteiger charge is -2.03. The van der Waals surface area contributed by atoms with Crippen molar-refractivity contribution < 1.29 is 9.13 Å². The quantitative estimate of drug-likeness (QED) is 0.784. The third-order valence-corrected chi connectivity index (χ3v) is 2.75. The van der Waals surface area contributed by atoms with Gasteiger partial charge in [0.25, 0.3) is 0 Å². The van der Waals surface area contributed by atoms with E-state index in [1.54, 1.807) is 0 Å². The molecule has 0 fully saturated rings. The molecule has 2 aromatic heterocycles. The van der Waals surface area contributed by atoms with E-state index in [1.807, 2.05) is 31.2 Å². The maximum Gasteiger partial charge on any atom is 0.178 e. The highest BCUT2D eigenvalue weighted by Gasteiger charge is 2.05. The van der Waals surface area contributed by atoms with E-state index in [1.165, 1.54) is 11.6 Å². The number of aromatic nitrogens is 3. The van der Waals surface area contributed by atoms with Crippen molar-refractivity contribution in [3.63, 3.8) is 0 Å². The summed E-state index contributed by atoms with van der Waals surface area (Å²) in [7, 11) is 0. The smallest absolute Gasteiger partial charge is 0.178 e. The maximum absolute atomic E-state index is 13.0. The Labute approximate surface area is 109 Å². The molecule has 1 N–H and O–H groups in total. The predicted molar refractivity (Wildman–Crippen MR) is 69.4 cm³/mol. The maximum atomic E-state index is 13.0. The standard InChI is InChI=1S/C14H12FN3O/c1-9-2-4-11(5-3-9)19-8-13-17-12-6-10(15)7-16-14(12)18-13/h2-7H,8H2,1H3,(H,16,17,18). The molecule has 0 saturated heterocycles. The summed E-state index contributed by atoms with van der Waals surface area (Å²) in [6.45, 7) is 2.31. The van der Waals surface area contributed by atoms with Gasteiger partial charge in [-0.2, -0.15) is 0 Å². The van der Waals surface area contributed by atoms with Crippen LogP contribution in [0.4, 0.5) is 4.39 Å². The fraction of sp³-hybridized carbons (Fsp3) is 0.143. The third kappa shape index (κ3) is 2.54. The van der Waals surface area contributed by atoms with Crippen LogP contribution >= 0.6 is 0 Å². The molecule has 5 heteroatoms. The Hall–Kier alpha value is -2.43. The minimum absolute atomic E-state index is 0.293. The molecule has 0 unspecified atom stereocenters. The van der Waals surface area contributed by atoms with Gasteiger partial charge in [0, 0.05) is 6.07 Å². The normalized spacial score (nSPS) is 10.8. The predicted octanol–water partition coefficient (Wildman–Crippen LogP) is 2.98. The SMILES string of the molecule is Cc1ccc(OCc2nc3ncc(F)cc3[nH]2)cc1. The summed E-state index contributed by atoms with van der Waals surface area (Å²) < 4.78 is 18.6. The van der Waals surface area contributed by atoms with Gasteiger partial charge in [0.15, 0.2) is 5.65 Å². The highest BCUT2D eigenvalue weighted by atomic mass is 19.1. The Morgan fingerprint density at radius 2 is 2.05 bits per heavy atom. The van der Waals surface area contributed by atoms with Crippen LogP contribution in [0.1, 0.15) is 11.4 Å². The first-order chi connectivity index (χ1) is 9.20. The Morgan fingerprint density at radius 3 is 2.84 bits per heavy atom. The second kappa shape index (κ2) is 4.68. The van der Waals surface area contributed by atoms with Crippen LogP contribution in [0.15, 0.2) is 36.5 Å². The van der Waals surface area contributed by atoms with Gasteiger partial charge in [0.05, 0.1) is 11.7 Å². The number of H-pyrrole nitrogens is 1. The minimum Gasteiger partial charge on any atom is -0.486 e. The molecule has 2 heterocycles. The first-order valence-electron chi connectivity index (χ1n) is 5.90. The van der Waals surface area contributed by atoms with Gasteiger partial charge in [-0.3, -0.25) is 0 Å². The van der Waals surface area contributed by atoms with E-state index < -0.39 is 0 Å². The number of halogens is 1. The summed E-state index contributed by atoms with van der Waals surface area (Å²) >= 11 is 0. The summed E-state index contributed by atoms with van der Waals surface area (Å²) in [5.41, 5.74) is 2.24. The number of aromatic amines is 1. The molecule has 0 amide bonds. The summed E-state index contributed by atoms with van der Waals surface area (Å²) in [5.74, 6) is 1.00. The second-order valence-electron chi connectivity index (χ2n) is 4.31. The Bertz CT molecular complexity index is 706. The number of nitrogens with zero attached hydrogens (tertiary/aromatic N) is 2. The van der Waals surface area contributed by atoms with Crippen LogP contribution in [-0.2, 0) is 6.61 Å². The van der Waals surface area contributed by atoms with Crippen LogP contribution in [0, 0.1) is 12.7 Å². The molecule has 3 rings (SSSR count). The highest BCUT2D eigenvalue weighted by molar-refractivity contribution is 5.70. The highest BCUT2D eigenvalue weighted by Crippen LogP contribution is 2.14. The molecule has 3 aromatic rings. The average molecular weight is 257 g/mol. The lowest BCUT2D eigenvalue weighted by Crippen LogP contribution is -1.97. The number of pyridine rings is 1. The van der Waals surface area contributed by atoms with E-state index in [9.17, 15) is 4.39 Å². The number of benzene rings is 1. The van der Waals surface area contributed by atoms with Crippen LogP contribution in [0.2, 0.25) is 0 Å². The number of ether oxygens (including phenoxy) is 1. The number of aryl methyl sites for hydroxylation is 1. The molecule has 0 atom stereocenters. The first kappa shape index (κ1) is 11.6. The number of imidazole rings is 1. The van der Waals surface area contributed by atoms with Crippen molar-refractivity contribution in [2.45, 2.75) is 13.5 Å². The molecule has 0 spiro atoms. The van der Waals surface area contributed by atoms with Crippen LogP contribution in [0.25, 0.3) is 11.2 Å². The monoisotopic (exact) mass is 257 g/mol. The van der Waals surface area contributed by atoms with Gasteiger partial charge in [0.2, 0.25) is 0 Å². The molecule has 0 aliphatic carbocycles. The average Bonchev–Trinajstić information content (AvgIpc) is 2.80. The number of hydrogen-bond acceptors (Lipinski definition) is 3. The number of nitrogens with one attached hydrogen (secondary N) is 1. The van der Waals surface area contributed by atoms with Gasteiger partial charge in [-0.25, -0.2) is 14.4 Å². The van der Waals surface area contributed by atoms with Crippen LogP contribution in [-0.4, -0.2) is 15.0 Å². The van der Waals surface area contributed by atoms with Crippen molar-refractivity contribution in [2.75, 3.05) is 0 Å². The van der Waals surface area contributed by atoms with E-state index in [-0.39, 0.29) is 5.82 Å². The van der Waals surface area contributed by atoms with E-state index >= 15 is 0 Å². The van der Waals surface area contributed by atoms with E-state index in [4.69, 9.17) is 4.74 Å². The van der Waals surface area contributed by atoms with Gasteiger partial charge in [-0.15, -0.1) is 0 Å². The summed E-state index contributed by atoms with van der Waals surface area (Å²) in [5, 5.41) is 0. The van der Waals surface area contributed by atoms with E-state index in [2.05, 4.69) is 15.0 Å². The third-order valence-electron chi connectivity index (χ3n) is 2.75. The van der Waals surface area contributed by atoms with E-state index in [0.29, 0.717) is 23.6 Å². The fourth-order valence-electron chi connectivity index (χ4n) is 1.78. The zero-order valence-electron chi connectivity index (χ0n) is 10.4. The molecular formula is C14H12FN3O. The van der Waals surface area contributed by atoms with E-state index in [0.717, 1.165) is 11.9 Å².